The number of carbonyl (C=O) groups is 1. The smallest absolute Gasteiger partial charge is 0.409 e. The quantitative estimate of drug-likeness (QED) is 0.474. The third kappa shape index (κ3) is 6.61. The first-order valence-electron chi connectivity index (χ1n) is 12.2. The van der Waals surface area contributed by atoms with Crippen LogP contribution in [0.25, 0.3) is 0 Å². The Morgan fingerprint density at radius 1 is 1.00 bits per heavy atom. The minimum Gasteiger partial charge on any atom is -0.494 e. The molecule has 1 aliphatic heterocycles. The third-order valence-corrected chi connectivity index (χ3v) is 6.60. The second-order valence-corrected chi connectivity index (χ2v) is 9.01. The summed E-state index contributed by atoms with van der Waals surface area (Å²) >= 11 is 0. The fourth-order valence-electron chi connectivity index (χ4n) is 4.70. The van der Waals surface area contributed by atoms with Gasteiger partial charge >= 0.3 is 6.09 Å². The molecule has 1 amide bonds. The number of methoxy groups -OCH3 is 2. The zero-order chi connectivity index (χ0) is 24.6. The van der Waals surface area contributed by atoms with Crippen molar-refractivity contribution < 1.29 is 18.7 Å². The first-order valence-corrected chi connectivity index (χ1v) is 12.2. The van der Waals surface area contributed by atoms with Crippen LogP contribution in [0.1, 0.15) is 44.9 Å². The van der Waals surface area contributed by atoms with E-state index in [9.17, 15) is 9.18 Å². The Kier molecular flexibility index (Phi) is 8.38. The molecule has 1 atom stereocenters. The highest BCUT2D eigenvalue weighted by atomic mass is 19.1. The number of likely N-dealkylation sites (tertiary alicyclic amines) is 1. The number of amides is 1. The summed E-state index contributed by atoms with van der Waals surface area (Å²) in [5, 5.41) is 9.65. The van der Waals surface area contributed by atoms with Crippen molar-refractivity contribution in [1.82, 2.24) is 19.9 Å². The van der Waals surface area contributed by atoms with Gasteiger partial charge in [0, 0.05) is 31.4 Å². The predicted octanol–water partition coefficient (Wildman–Crippen LogP) is 4.40. The van der Waals surface area contributed by atoms with Gasteiger partial charge in [0.05, 0.1) is 20.3 Å². The Morgan fingerprint density at radius 2 is 1.71 bits per heavy atom. The molecular formula is C24H34FN7O3. The van der Waals surface area contributed by atoms with Crippen LogP contribution in [0.3, 0.4) is 0 Å². The van der Waals surface area contributed by atoms with Gasteiger partial charge in [0.15, 0.2) is 11.6 Å². The number of ether oxygens (including phenoxy) is 2. The van der Waals surface area contributed by atoms with Crippen molar-refractivity contribution >= 4 is 29.6 Å². The van der Waals surface area contributed by atoms with Crippen molar-refractivity contribution in [2.24, 2.45) is 5.92 Å². The fraction of sp³-hybridized carbons (Fsp3) is 0.583. The number of aromatic nitrogens is 3. The number of halogens is 1. The molecule has 2 aromatic rings. The zero-order valence-corrected chi connectivity index (χ0v) is 20.3. The lowest BCUT2D eigenvalue weighted by atomic mass is 9.89. The van der Waals surface area contributed by atoms with E-state index in [-0.39, 0.29) is 23.8 Å². The molecule has 2 fully saturated rings. The van der Waals surface area contributed by atoms with Gasteiger partial charge in [-0.1, -0.05) is 19.3 Å². The van der Waals surface area contributed by atoms with E-state index in [1.54, 1.807) is 17.0 Å². The number of benzene rings is 1. The highest BCUT2D eigenvalue weighted by Gasteiger charge is 2.29. The van der Waals surface area contributed by atoms with E-state index in [1.165, 1.54) is 52.4 Å². The van der Waals surface area contributed by atoms with Crippen LogP contribution in [0.15, 0.2) is 18.2 Å². The molecule has 190 valence electrons. The van der Waals surface area contributed by atoms with Crippen molar-refractivity contribution in [2.45, 2.75) is 51.0 Å². The molecular weight excluding hydrogens is 453 g/mol. The first kappa shape index (κ1) is 24.7. The number of carbonyl (C=O) groups excluding carboxylic acids is 1. The predicted molar refractivity (Wildman–Crippen MR) is 132 cm³/mol. The van der Waals surface area contributed by atoms with E-state index in [4.69, 9.17) is 9.47 Å². The first-order chi connectivity index (χ1) is 17.1. The van der Waals surface area contributed by atoms with Crippen LogP contribution in [0.2, 0.25) is 0 Å². The van der Waals surface area contributed by atoms with Gasteiger partial charge in [0.2, 0.25) is 17.8 Å². The van der Waals surface area contributed by atoms with E-state index >= 15 is 0 Å². The summed E-state index contributed by atoms with van der Waals surface area (Å²) in [7, 11) is 2.81. The van der Waals surface area contributed by atoms with Gasteiger partial charge in [-0.15, -0.1) is 0 Å². The Bertz CT molecular complexity index is 1000. The molecule has 1 saturated carbocycles. The molecule has 11 heteroatoms. The average Bonchev–Trinajstić information content (AvgIpc) is 3.35. The maximum atomic E-state index is 14.2. The number of anilines is 4. The molecule has 0 radical (unpaired) electrons. The second kappa shape index (κ2) is 11.9. The number of hydrogen-bond acceptors (Lipinski definition) is 9. The second-order valence-electron chi connectivity index (χ2n) is 9.01. The van der Waals surface area contributed by atoms with Crippen molar-refractivity contribution in [3.63, 3.8) is 0 Å². The Morgan fingerprint density at radius 3 is 2.40 bits per heavy atom. The summed E-state index contributed by atoms with van der Waals surface area (Å²) in [6.45, 7) is 1.94. The van der Waals surface area contributed by atoms with Gasteiger partial charge in [0.1, 0.15) is 0 Å². The lowest BCUT2D eigenvalue weighted by Gasteiger charge is -2.24. The molecule has 1 aromatic carbocycles. The summed E-state index contributed by atoms with van der Waals surface area (Å²) in [6, 6.07) is 4.56. The van der Waals surface area contributed by atoms with Gasteiger partial charge in [-0.25, -0.2) is 9.18 Å². The van der Waals surface area contributed by atoms with Gasteiger partial charge in [-0.3, -0.25) is 0 Å². The molecule has 1 aromatic heterocycles. The maximum Gasteiger partial charge on any atom is 0.409 e. The van der Waals surface area contributed by atoms with Crippen LogP contribution in [0.5, 0.6) is 5.75 Å². The van der Waals surface area contributed by atoms with E-state index in [1.807, 2.05) is 0 Å². The summed E-state index contributed by atoms with van der Waals surface area (Å²) < 4.78 is 24.1. The summed E-state index contributed by atoms with van der Waals surface area (Å²) in [4.78, 5) is 27.3. The molecule has 0 spiro atoms. The topological polar surface area (TPSA) is 114 Å². The summed E-state index contributed by atoms with van der Waals surface area (Å²) in [5.41, 5.74) is 0.492. The molecule has 0 bridgehead atoms. The SMILES string of the molecule is COC(=O)N1CCCC1CNc1nc(NCC2CCCCC2)nc(Nc2ccc(OC)c(F)c2)n1. The molecule has 10 nitrogen and oxygen atoms in total. The van der Waals surface area contributed by atoms with E-state index < -0.39 is 5.82 Å². The summed E-state index contributed by atoms with van der Waals surface area (Å²) in [6.07, 6.45) is 7.67. The Balaban J connectivity index is 1.48. The van der Waals surface area contributed by atoms with Crippen molar-refractivity contribution in [2.75, 3.05) is 49.8 Å². The summed E-state index contributed by atoms with van der Waals surface area (Å²) in [5.74, 6) is 1.38. The van der Waals surface area contributed by atoms with Crippen LogP contribution in [0.4, 0.5) is 32.7 Å². The molecule has 1 saturated heterocycles. The number of nitrogens with zero attached hydrogens (tertiary/aromatic N) is 4. The fourth-order valence-corrected chi connectivity index (χ4v) is 4.70. The normalized spacial score (nSPS) is 18.3. The van der Waals surface area contributed by atoms with Gasteiger partial charge < -0.3 is 30.3 Å². The zero-order valence-electron chi connectivity index (χ0n) is 20.3. The number of rotatable bonds is 9. The van der Waals surface area contributed by atoms with E-state index in [0.29, 0.717) is 36.6 Å². The molecule has 1 unspecified atom stereocenters. The van der Waals surface area contributed by atoms with Crippen LogP contribution in [-0.2, 0) is 4.74 Å². The molecule has 2 heterocycles. The van der Waals surface area contributed by atoms with Crippen molar-refractivity contribution in [3.05, 3.63) is 24.0 Å². The van der Waals surface area contributed by atoms with Gasteiger partial charge in [-0.2, -0.15) is 15.0 Å². The van der Waals surface area contributed by atoms with Crippen molar-refractivity contribution in [1.29, 1.82) is 0 Å². The minimum atomic E-state index is -0.482. The lowest BCUT2D eigenvalue weighted by Crippen LogP contribution is -2.39. The van der Waals surface area contributed by atoms with Gasteiger partial charge in [0.25, 0.3) is 0 Å². The number of hydrogen-bond donors (Lipinski definition) is 3. The minimum absolute atomic E-state index is 0.00930. The van der Waals surface area contributed by atoms with Crippen LogP contribution in [-0.4, -0.2) is 65.8 Å². The highest BCUT2D eigenvalue weighted by molar-refractivity contribution is 5.68. The number of nitrogens with one attached hydrogen (secondary N) is 3. The van der Waals surface area contributed by atoms with Crippen molar-refractivity contribution in [3.8, 4) is 5.75 Å². The van der Waals surface area contributed by atoms with Crippen LogP contribution in [0, 0.1) is 11.7 Å². The van der Waals surface area contributed by atoms with E-state index in [2.05, 4.69) is 30.9 Å². The van der Waals surface area contributed by atoms with Gasteiger partial charge in [-0.05, 0) is 43.7 Å². The molecule has 1 aliphatic carbocycles. The molecule has 2 aliphatic rings. The average molecular weight is 488 g/mol. The Hall–Kier alpha value is -3.37. The Labute approximate surface area is 205 Å². The molecule has 3 N–H and O–H groups in total. The molecule has 35 heavy (non-hydrogen) atoms. The lowest BCUT2D eigenvalue weighted by molar-refractivity contribution is 0.120. The van der Waals surface area contributed by atoms with Crippen LogP contribution < -0.4 is 20.7 Å². The maximum absolute atomic E-state index is 14.2. The standard InChI is InChI=1S/C24H34FN7O3/c1-34-20-11-10-17(13-19(20)25)28-23-30-21(26-14-16-7-4-3-5-8-16)29-22(31-23)27-15-18-9-6-12-32(18)24(33)35-2/h10-11,13,16,18H,3-9,12,14-15H2,1-2H3,(H3,26,27,28,29,30,31). The van der Waals surface area contributed by atoms with E-state index in [0.717, 1.165) is 19.4 Å². The third-order valence-electron chi connectivity index (χ3n) is 6.60. The highest BCUT2D eigenvalue weighted by Crippen LogP contribution is 2.25. The monoisotopic (exact) mass is 487 g/mol. The largest absolute Gasteiger partial charge is 0.494 e. The van der Waals surface area contributed by atoms with Crippen LogP contribution >= 0.6 is 0 Å². The molecule has 4 rings (SSSR count).